The molecule has 1 rings (SSSR count). The molecule has 0 amide bonds. The van der Waals surface area contributed by atoms with Crippen LogP contribution in [-0.4, -0.2) is 32.2 Å². The molecule has 0 aliphatic carbocycles. The fourth-order valence-corrected chi connectivity index (χ4v) is 2.09. The zero-order valence-corrected chi connectivity index (χ0v) is 12.0. The van der Waals surface area contributed by atoms with Crippen LogP contribution >= 0.6 is 0 Å². The highest BCUT2D eigenvalue weighted by Crippen LogP contribution is 2.36. The van der Waals surface area contributed by atoms with Gasteiger partial charge in [-0.1, -0.05) is 24.3 Å². The molecule has 0 aliphatic heterocycles. The maximum atomic E-state index is 9.53. The molecule has 0 saturated carbocycles. The lowest BCUT2D eigenvalue weighted by atomic mass is 10.0. The molecule has 0 aromatic heterocycles. The molecular weight excluding hydrogens is 252 g/mol. The summed E-state index contributed by atoms with van der Waals surface area (Å²) in [6.07, 6.45) is 3.53. The Morgan fingerprint density at radius 1 is 1.25 bits per heavy atom. The summed E-state index contributed by atoms with van der Waals surface area (Å²) in [7, 11) is 3.15. The Balaban J connectivity index is 3.26. The Hall–Kier alpha value is -2.25. The van der Waals surface area contributed by atoms with Gasteiger partial charge in [0.1, 0.15) is 6.04 Å². The summed E-state index contributed by atoms with van der Waals surface area (Å²) in [6.45, 7) is 8.63. The first-order chi connectivity index (χ1) is 9.73. The molecule has 4 heteroatoms. The molecule has 1 atom stereocenters. The Morgan fingerprint density at radius 2 is 1.90 bits per heavy atom. The maximum absolute atomic E-state index is 9.53. The minimum Gasteiger partial charge on any atom is -0.493 e. The molecule has 106 valence electrons. The third-order valence-electron chi connectivity index (χ3n) is 2.94. The van der Waals surface area contributed by atoms with Gasteiger partial charge in [0.25, 0.3) is 0 Å². The first kappa shape index (κ1) is 15.8. The van der Waals surface area contributed by atoms with E-state index in [0.29, 0.717) is 24.6 Å². The number of ether oxygens (including phenoxy) is 2. The number of rotatable bonds is 8. The van der Waals surface area contributed by atoms with Crippen LogP contribution in [0.1, 0.15) is 11.6 Å². The maximum Gasteiger partial charge on any atom is 0.166 e. The molecule has 4 nitrogen and oxygen atoms in total. The molecule has 1 unspecified atom stereocenters. The Kier molecular flexibility index (Phi) is 6.34. The van der Waals surface area contributed by atoms with Gasteiger partial charge in [0.2, 0.25) is 0 Å². The van der Waals surface area contributed by atoms with E-state index < -0.39 is 6.04 Å². The number of para-hydroxylation sites is 1. The van der Waals surface area contributed by atoms with Gasteiger partial charge in [-0.3, -0.25) is 4.90 Å². The van der Waals surface area contributed by atoms with E-state index in [2.05, 4.69) is 19.2 Å². The third kappa shape index (κ3) is 3.40. The number of nitrogens with zero attached hydrogens (tertiary/aromatic N) is 2. The lowest BCUT2D eigenvalue weighted by Crippen LogP contribution is -2.28. The molecule has 1 aromatic rings. The molecule has 0 aliphatic rings. The average molecular weight is 272 g/mol. The van der Waals surface area contributed by atoms with E-state index in [1.165, 1.54) is 0 Å². The van der Waals surface area contributed by atoms with E-state index in [1.54, 1.807) is 26.4 Å². The van der Waals surface area contributed by atoms with Crippen molar-refractivity contribution >= 4 is 0 Å². The van der Waals surface area contributed by atoms with E-state index in [-0.39, 0.29) is 0 Å². The second-order valence-electron chi connectivity index (χ2n) is 4.15. The second kappa shape index (κ2) is 8.03. The highest BCUT2D eigenvalue weighted by atomic mass is 16.5. The smallest absolute Gasteiger partial charge is 0.166 e. The Labute approximate surface area is 120 Å². The highest BCUT2D eigenvalue weighted by Gasteiger charge is 2.23. The summed E-state index contributed by atoms with van der Waals surface area (Å²) < 4.78 is 10.7. The monoisotopic (exact) mass is 272 g/mol. The third-order valence-corrected chi connectivity index (χ3v) is 2.94. The van der Waals surface area contributed by atoms with Gasteiger partial charge in [0.15, 0.2) is 11.5 Å². The van der Waals surface area contributed by atoms with Crippen molar-refractivity contribution in [3.05, 3.63) is 49.1 Å². The number of benzene rings is 1. The van der Waals surface area contributed by atoms with Crippen LogP contribution in [0, 0.1) is 11.3 Å². The quantitative estimate of drug-likeness (QED) is 0.683. The van der Waals surface area contributed by atoms with Crippen LogP contribution in [0.4, 0.5) is 0 Å². The van der Waals surface area contributed by atoms with Gasteiger partial charge in [-0.25, -0.2) is 0 Å². The molecule has 0 heterocycles. The predicted octanol–water partition coefficient (Wildman–Crippen LogP) is 2.94. The van der Waals surface area contributed by atoms with Gasteiger partial charge in [-0.15, -0.1) is 13.2 Å². The van der Waals surface area contributed by atoms with Crippen molar-refractivity contribution in [3.63, 3.8) is 0 Å². The van der Waals surface area contributed by atoms with Crippen LogP contribution < -0.4 is 9.47 Å². The highest BCUT2D eigenvalue weighted by molar-refractivity contribution is 5.49. The van der Waals surface area contributed by atoms with Gasteiger partial charge in [-0.2, -0.15) is 5.26 Å². The molecule has 0 radical (unpaired) electrons. The second-order valence-corrected chi connectivity index (χ2v) is 4.15. The molecule has 0 saturated heterocycles. The molecule has 0 bridgehead atoms. The van der Waals surface area contributed by atoms with Crippen molar-refractivity contribution in [2.75, 3.05) is 27.3 Å². The van der Waals surface area contributed by atoms with Gasteiger partial charge >= 0.3 is 0 Å². The summed E-state index contributed by atoms with van der Waals surface area (Å²) >= 11 is 0. The molecule has 0 fully saturated rings. The van der Waals surface area contributed by atoms with E-state index in [4.69, 9.17) is 9.47 Å². The first-order valence-electron chi connectivity index (χ1n) is 6.29. The molecule has 1 aromatic carbocycles. The van der Waals surface area contributed by atoms with Crippen molar-refractivity contribution in [2.24, 2.45) is 0 Å². The molecular formula is C16H20N2O2. The van der Waals surface area contributed by atoms with Crippen LogP contribution in [0.25, 0.3) is 0 Å². The van der Waals surface area contributed by atoms with Gasteiger partial charge in [0, 0.05) is 18.7 Å². The predicted molar refractivity (Wildman–Crippen MR) is 79.9 cm³/mol. The minimum atomic E-state index is -0.448. The van der Waals surface area contributed by atoms with Crippen LogP contribution in [0.15, 0.2) is 43.5 Å². The van der Waals surface area contributed by atoms with Crippen LogP contribution in [0.5, 0.6) is 11.5 Å². The number of hydrogen-bond donors (Lipinski definition) is 0. The first-order valence-corrected chi connectivity index (χ1v) is 6.29. The lowest BCUT2D eigenvalue weighted by molar-refractivity contribution is 0.279. The topological polar surface area (TPSA) is 45.5 Å². The minimum absolute atomic E-state index is 0.448. The van der Waals surface area contributed by atoms with Crippen molar-refractivity contribution in [3.8, 4) is 17.6 Å². The zero-order valence-electron chi connectivity index (χ0n) is 12.0. The van der Waals surface area contributed by atoms with Crippen LogP contribution in [-0.2, 0) is 0 Å². The van der Waals surface area contributed by atoms with Gasteiger partial charge < -0.3 is 9.47 Å². The fraction of sp³-hybridized carbons (Fsp3) is 0.312. The Morgan fingerprint density at radius 3 is 2.35 bits per heavy atom. The number of methoxy groups -OCH3 is 2. The van der Waals surface area contributed by atoms with Crippen molar-refractivity contribution in [1.29, 1.82) is 5.26 Å². The SMILES string of the molecule is C=CCN(CC=C)C(C#N)c1cccc(OC)c1OC. The largest absolute Gasteiger partial charge is 0.493 e. The fourth-order valence-electron chi connectivity index (χ4n) is 2.09. The number of hydrogen-bond acceptors (Lipinski definition) is 4. The summed E-state index contributed by atoms with van der Waals surface area (Å²) in [4.78, 5) is 1.96. The van der Waals surface area contributed by atoms with E-state index in [9.17, 15) is 5.26 Å². The lowest BCUT2D eigenvalue weighted by Gasteiger charge is -2.26. The van der Waals surface area contributed by atoms with Gasteiger partial charge in [-0.05, 0) is 6.07 Å². The van der Waals surface area contributed by atoms with Crippen molar-refractivity contribution in [2.45, 2.75) is 6.04 Å². The van der Waals surface area contributed by atoms with Crippen molar-refractivity contribution in [1.82, 2.24) is 4.90 Å². The van der Waals surface area contributed by atoms with E-state index in [0.717, 1.165) is 5.56 Å². The van der Waals surface area contributed by atoms with Crippen molar-refractivity contribution < 1.29 is 9.47 Å². The summed E-state index contributed by atoms with van der Waals surface area (Å²) in [5.41, 5.74) is 0.776. The zero-order chi connectivity index (χ0) is 15.0. The normalized spacial score (nSPS) is 11.5. The van der Waals surface area contributed by atoms with E-state index >= 15 is 0 Å². The summed E-state index contributed by atoms with van der Waals surface area (Å²) in [5.74, 6) is 1.20. The number of nitriles is 1. The summed E-state index contributed by atoms with van der Waals surface area (Å²) in [5, 5.41) is 9.53. The molecule has 20 heavy (non-hydrogen) atoms. The standard InChI is InChI=1S/C16H20N2O2/c1-5-10-18(11-6-2)14(12-17)13-8-7-9-15(19-3)16(13)20-4/h5-9,14H,1-2,10-11H2,3-4H3. The average Bonchev–Trinajstić information content (AvgIpc) is 2.48. The van der Waals surface area contributed by atoms with Crippen LogP contribution in [0.2, 0.25) is 0 Å². The molecule has 0 N–H and O–H groups in total. The molecule has 0 spiro atoms. The van der Waals surface area contributed by atoms with E-state index in [1.807, 2.05) is 23.1 Å². The Bertz CT molecular complexity index is 496. The summed E-state index contributed by atoms with van der Waals surface area (Å²) in [6, 6.07) is 7.39. The van der Waals surface area contributed by atoms with Crippen LogP contribution in [0.3, 0.4) is 0 Å². The van der Waals surface area contributed by atoms with Gasteiger partial charge in [0.05, 0.1) is 20.3 Å².